The second-order valence-electron chi connectivity index (χ2n) is 6.62. The fraction of sp³-hybridized carbons (Fsp3) is 0.625. The molecular formula is C16H27NSi. The van der Waals surface area contributed by atoms with Crippen molar-refractivity contribution in [2.45, 2.75) is 58.4 Å². The van der Waals surface area contributed by atoms with Gasteiger partial charge in [-0.1, -0.05) is 56.0 Å². The van der Waals surface area contributed by atoms with E-state index in [1.54, 1.807) is 5.19 Å². The Bertz CT molecular complexity index is 377. The Morgan fingerprint density at radius 3 is 2.39 bits per heavy atom. The van der Waals surface area contributed by atoms with Crippen molar-refractivity contribution in [3.63, 3.8) is 0 Å². The molecule has 1 fully saturated rings. The normalized spacial score (nSPS) is 21.4. The third-order valence-corrected chi connectivity index (χ3v) is 6.24. The molecule has 18 heavy (non-hydrogen) atoms. The highest BCUT2D eigenvalue weighted by atomic mass is 28.3. The molecule has 0 aromatic heterocycles. The van der Waals surface area contributed by atoms with Crippen molar-refractivity contribution in [2.24, 2.45) is 0 Å². The van der Waals surface area contributed by atoms with Crippen molar-refractivity contribution >= 4 is 13.3 Å². The zero-order valence-corrected chi connectivity index (χ0v) is 13.4. The zero-order valence-electron chi connectivity index (χ0n) is 12.4. The van der Waals surface area contributed by atoms with Crippen LogP contribution >= 0.6 is 0 Å². The first-order chi connectivity index (χ1) is 8.50. The van der Waals surface area contributed by atoms with Crippen LogP contribution in [0.1, 0.15) is 31.7 Å². The number of rotatable bonds is 4. The number of benzene rings is 1. The number of hydrogen-bond acceptors (Lipinski definition) is 1. The molecule has 1 unspecified atom stereocenters. The summed E-state index contributed by atoms with van der Waals surface area (Å²) in [6, 6.07) is 10.2. The average Bonchev–Trinajstić information content (AvgIpc) is 2.76. The van der Waals surface area contributed by atoms with Crippen LogP contribution in [-0.2, 0) is 6.54 Å². The lowest BCUT2D eigenvalue weighted by Crippen LogP contribution is -2.37. The van der Waals surface area contributed by atoms with Crippen LogP contribution in [0.25, 0.3) is 0 Å². The minimum absolute atomic E-state index is 0.821. The Balaban J connectivity index is 2.02. The van der Waals surface area contributed by atoms with Gasteiger partial charge in [0.1, 0.15) is 0 Å². The van der Waals surface area contributed by atoms with Crippen molar-refractivity contribution in [3.05, 3.63) is 29.8 Å². The molecule has 0 aliphatic carbocycles. The molecule has 0 spiro atoms. The Kier molecular flexibility index (Phi) is 4.28. The monoisotopic (exact) mass is 261 g/mol. The molecule has 1 nitrogen and oxygen atoms in total. The largest absolute Gasteiger partial charge is 0.296 e. The van der Waals surface area contributed by atoms with Crippen LogP contribution in [0, 0.1) is 0 Å². The maximum atomic E-state index is 2.66. The van der Waals surface area contributed by atoms with Gasteiger partial charge in [-0.25, -0.2) is 0 Å². The van der Waals surface area contributed by atoms with E-state index in [4.69, 9.17) is 0 Å². The second-order valence-corrected chi connectivity index (χ2v) is 11.7. The van der Waals surface area contributed by atoms with Crippen LogP contribution in [0.15, 0.2) is 24.3 Å². The van der Waals surface area contributed by atoms with Crippen molar-refractivity contribution in [1.82, 2.24) is 4.90 Å². The van der Waals surface area contributed by atoms with E-state index in [1.165, 1.54) is 31.4 Å². The molecule has 1 aliphatic heterocycles. The van der Waals surface area contributed by atoms with Crippen molar-refractivity contribution in [1.29, 1.82) is 0 Å². The molecule has 0 amide bonds. The van der Waals surface area contributed by atoms with Gasteiger partial charge >= 0.3 is 0 Å². The maximum Gasteiger partial charge on any atom is 0.0775 e. The lowest BCUT2D eigenvalue weighted by atomic mass is 10.1. The quantitative estimate of drug-likeness (QED) is 0.749. The van der Waals surface area contributed by atoms with Gasteiger partial charge in [0.2, 0.25) is 0 Å². The highest BCUT2D eigenvalue weighted by Crippen LogP contribution is 2.22. The van der Waals surface area contributed by atoms with Gasteiger partial charge in [-0.05, 0) is 31.4 Å². The standard InChI is InChI=1S/C16H27NSi/c1-5-15-7-6-12-17(15)13-14-8-10-16(11-9-14)18(2,3)4/h8-11,15H,5-7,12-13H2,1-4H3. The molecule has 2 heteroatoms. The van der Waals surface area contributed by atoms with Gasteiger partial charge in [-0.3, -0.25) is 4.90 Å². The van der Waals surface area contributed by atoms with Gasteiger partial charge in [-0.15, -0.1) is 0 Å². The van der Waals surface area contributed by atoms with E-state index >= 15 is 0 Å². The van der Waals surface area contributed by atoms with E-state index in [0.717, 1.165) is 12.6 Å². The first-order valence-electron chi connectivity index (χ1n) is 7.34. The summed E-state index contributed by atoms with van der Waals surface area (Å²) < 4.78 is 0. The molecule has 0 bridgehead atoms. The third-order valence-electron chi connectivity index (χ3n) is 4.18. The minimum atomic E-state index is -1.13. The SMILES string of the molecule is CCC1CCCN1Cc1ccc([Si](C)(C)C)cc1. The summed E-state index contributed by atoms with van der Waals surface area (Å²) in [5.74, 6) is 0. The van der Waals surface area contributed by atoms with E-state index in [9.17, 15) is 0 Å². The molecule has 0 N–H and O–H groups in total. The van der Waals surface area contributed by atoms with E-state index in [-0.39, 0.29) is 0 Å². The fourth-order valence-corrected chi connectivity index (χ4v) is 4.08. The lowest BCUT2D eigenvalue weighted by molar-refractivity contribution is 0.240. The topological polar surface area (TPSA) is 3.24 Å². The van der Waals surface area contributed by atoms with Crippen LogP contribution in [0.5, 0.6) is 0 Å². The predicted molar refractivity (Wildman–Crippen MR) is 83.1 cm³/mol. The highest BCUT2D eigenvalue weighted by Gasteiger charge is 2.22. The third kappa shape index (κ3) is 3.24. The first kappa shape index (κ1) is 13.8. The highest BCUT2D eigenvalue weighted by molar-refractivity contribution is 6.88. The van der Waals surface area contributed by atoms with Gasteiger partial charge in [0.05, 0.1) is 8.07 Å². The predicted octanol–water partition coefficient (Wildman–Crippen LogP) is 3.61. The van der Waals surface area contributed by atoms with E-state index in [0.29, 0.717) is 0 Å². The van der Waals surface area contributed by atoms with Crippen molar-refractivity contribution in [2.75, 3.05) is 6.54 Å². The molecule has 2 rings (SSSR count). The van der Waals surface area contributed by atoms with Crippen molar-refractivity contribution in [3.8, 4) is 0 Å². The van der Waals surface area contributed by atoms with E-state index in [1.807, 2.05) is 0 Å². The molecule has 1 heterocycles. The fourth-order valence-electron chi connectivity index (χ4n) is 2.91. The summed E-state index contributed by atoms with van der Waals surface area (Å²) in [5.41, 5.74) is 1.48. The van der Waals surface area contributed by atoms with E-state index < -0.39 is 8.07 Å². The second kappa shape index (κ2) is 5.58. The van der Waals surface area contributed by atoms with Gasteiger partial charge in [0.25, 0.3) is 0 Å². The van der Waals surface area contributed by atoms with Crippen molar-refractivity contribution < 1.29 is 0 Å². The molecule has 1 aliphatic rings. The average molecular weight is 261 g/mol. The molecule has 1 aromatic carbocycles. The molecular weight excluding hydrogens is 234 g/mol. The van der Waals surface area contributed by atoms with Crippen LogP contribution in [0.3, 0.4) is 0 Å². The van der Waals surface area contributed by atoms with Gasteiger partial charge < -0.3 is 0 Å². The summed E-state index contributed by atoms with van der Waals surface area (Å²) in [7, 11) is -1.13. The Morgan fingerprint density at radius 1 is 1.17 bits per heavy atom. The van der Waals surface area contributed by atoms with Crippen LogP contribution < -0.4 is 5.19 Å². The first-order valence-corrected chi connectivity index (χ1v) is 10.8. The zero-order chi connectivity index (χ0) is 13.2. The number of likely N-dealkylation sites (tertiary alicyclic amines) is 1. The van der Waals surface area contributed by atoms with Gasteiger partial charge in [-0.2, -0.15) is 0 Å². The van der Waals surface area contributed by atoms with Crippen LogP contribution in [-0.4, -0.2) is 25.6 Å². The number of hydrogen-bond donors (Lipinski definition) is 0. The summed E-state index contributed by atoms with van der Waals surface area (Å²) in [6.07, 6.45) is 4.07. The summed E-state index contributed by atoms with van der Waals surface area (Å²) >= 11 is 0. The van der Waals surface area contributed by atoms with Gasteiger partial charge in [0, 0.05) is 12.6 Å². The number of nitrogens with zero attached hydrogens (tertiary/aromatic N) is 1. The Hall–Kier alpha value is -0.603. The Morgan fingerprint density at radius 2 is 1.83 bits per heavy atom. The lowest BCUT2D eigenvalue weighted by Gasteiger charge is -2.24. The summed E-state index contributed by atoms with van der Waals surface area (Å²) in [4.78, 5) is 2.66. The minimum Gasteiger partial charge on any atom is -0.296 e. The Labute approximate surface area is 113 Å². The molecule has 1 saturated heterocycles. The smallest absolute Gasteiger partial charge is 0.0775 e. The summed E-state index contributed by atoms with van der Waals surface area (Å²) in [6.45, 7) is 12.0. The molecule has 0 saturated carbocycles. The maximum absolute atomic E-state index is 2.66. The molecule has 1 atom stereocenters. The molecule has 100 valence electrons. The van der Waals surface area contributed by atoms with Gasteiger partial charge in [0.15, 0.2) is 0 Å². The van der Waals surface area contributed by atoms with Crippen LogP contribution in [0.4, 0.5) is 0 Å². The van der Waals surface area contributed by atoms with Crippen LogP contribution in [0.2, 0.25) is 19.6 Å². The summed E-state index contributed by atoms with van der Waals surface area (Å²) in [5, 5.41) is 1.57. The molecule has 1 aromatic rings. The molecule has 0 radical (unpaired) electrons. The van der Waals surface area contributed by atoms with E-state index in [2.05, 4.69) is 55.7 Å².